The molecule has 0 atom stereocenters. The van der Waals surface area contributed by atoms with E-state index in [2.05, 4.69) is 27.5 Å². The van der Waals surface area contributed by atoms with Gasteiger partial charge in [0.15, 0.2) is 5.65 Å². The third kappa shape index (κ3) is 3.43. The van der Waals surface area contributed by atoms with Crippen LogP contribution in [0.25, 0.3) is 16.8 Å². The number of nitrogen functional groups attached to an aromatic ring is 1. The first kappa shape index (κ1) is 16.3. The Morgan fingerprint density at radius 2 is 2.00 bits per heavy atom. The zero-order chi connectivity index (χ0) is 17.9. The van der Waals surface area contributed by atoms with Gasteiger partial charge in [0.05, 0.1) is 4.88 Å². The van der Waals surface area contributed by atoms with Crippen LogP contribution in [0.5, 0.6) is 0 Å². The minimum absolute atomic E-state index is 0.0525. The Morgan fingerprint density at radius 1 is 1.15 bits per heavy atom. The highest BCUT2D eigenvalue weighted by atomic mass is 32.1. The summed E-state index contributed by atoms with van der Waals surface area (Å²) < 4.78 is 1.64. The molecule has 3 N–H and O–H groups in total. The fourth-order valence-electron chi connectivity index (χ4n) is 2.73. The number of thiophene rings is 1. The molecule has 0 radical (unpaired) electrons. The first-order valence-corrected chi connectivity index (χ1v) is 9.10. The summed E-state index contributed by atoms with van der Waals surface area (Å²) in [4.78, 5) is 17.1. The molecule has 26 heavy (non-hydrogen) atoms. The Bertz CT molecular complexity index is 1050. The van der Waals surface area contributed by atoms with Gasteiger partial charge in [-0.1, -0.05) is 30.3 Å². The zero-order valence-corrected chi connectivity index (χ0v) is 14.7. The van der Waals surface area contributed by atoms with Gasteiger partial charge in [0.25, 0.3) is 5.91 Å². The highest BCUT2D eigenvalue weighted by molar-refractivity contribution is 7.12. The molecule has 0 saturated heterocycles. The number of pyridine rings is 1. The SMILES string of the molecule is Nc1nc2ccc(-c3csc(C(=O)NCCc4ccccc4)c3)cn2n1. The third-order valence-corrected chi connectivity index (χ3v) is 4.97. The second kappa shape index (κ2) is 6.97. The quantitative estimate of drug-likeness (QED) is 0.571. The monoisotopic (exact) mass is 363 g/mol. The Morgan fingerprint density at radius 3 is 2.85 bits per heavy atom. The van der Waals surface area contributed by atoms with E-state index < -0.39 is 0 Å². The Kier molecular flexibility index (Phi) is 4.37. The maximum absolute atomic E-state index is 12.4. The molecule has 0 unspecified atom stereocenters. The van der Waals surface area contributed by atoms with Crippen LogP contribution >= 0.6 is 11.3 Å². The lowest BCUT2D eigenvalue weighted by Crippen LogP contribution is -2.24. The number of hydrogen-bond donors (Lipinski definition) is 2. The molecule has 130 valence electrons. The number of carbonyl (C=O) groups excluding carboxylic acids is 1. The van der Waals surface area contributed by atoms with Crippen LogP contribution in [0.4, 0.5) is 5.95 Å². The minimum Gasteiger partial charge on any atom is -0.366 e. The standard InChI is InChI=1S/C19H17N5OS/c20-19-22-17-7-6-14(11-24(17)23-19)15-10-16(26-12-15)18(25)21-9-8-13-4-2-1-3-5-13/h1-7,10-12H,8-9H2,(H2,20,23)(H,21,25). The first-order chi connectivity index (χ1) is 12.7. The molecule has 6 nitrogen and oxygen atoms in total. The van der Waals surface area contributed by atoms with Crippen LogP contribution in [0.15, 0.2) is 60.1 Å². The molecule has 0 aliphatic carbocycles. The summed E-state index contributed by atoms with van der Waals surface area (Å²) in [6.45, 7) is 0.611. The normalized spacial score (nSPS) is 10.9. The lowest BCUT2D eigenvalue weighted by atomic mass is 10.1. The van der Waals surface area contributed by atoms with Gasteiger partial charge in [0.1, 0.15) is 0 Å². The summed E-state index contributed by atoms with van der Waals surface area (Å²) in [5, 5.41) is 9.06. The van der Waals surface area contributed by atoms with Crippen molar-refractivity contribution in [3.8, 4) is 11.1 Å². The number of fused-ring (bicyclic) bond motifs is 1. The van der Waals surface area contributed by atoms with E-state index in [4.69, 9.17) is 5.73 Å². The summed E-state index contributed by atoms with van der Waals surface area (Å²) >= 11 is 1.43. The van der Waals surface area contributed by atoms with Crippen molar-refractivity contribution in [3.63, 3.8) is 0 Å². The lowest BCUT2D eigenvalue weighted by Gasteiger charge is -2.03. The van der Waals surface area contributed by atoms with Crippen molar-refractivity contribution in [3.05, 3.63) is 70.5 Å². The van der Waals surface area contributed by atoms with Crippen molar-refractivity contribution in [2.75, 3.05) is 12.3 Å². The van der Waals surface area contributed by atoms with Gasteiger partial charge in [-0.25, -0.2) is 4.52 Å². The number of carbonyl (C=O) groups is 1. The van der Waals surface area contributed by atoms with Gasteiger partial charge < -0.3 is 11.1 Å². The molecular formula is C19H17N5OS. The number of benzene rings is 1. The van der Waals surface area contributed by atoms with Crippen molar-refractivity contribution in [1.82, 2.24) is 19.9 Å². The van der Waals surface area contributed by atoms with E-state index >= 15 is 0 Å². The van der Waals surface area contributed by atoms with E-state index in [0.29, 0.717) is 17.1 Å². The Balaban J connectivity index is 1.43. The molecule has 4 aromatic rings. The predicted molar refractivity (Wildman–Crippen MR) is 103 cm³/mol. The fourth-order valence-corrected chi connectivity index (χ4v) is 3.56. The van der Waals surface area contributed by atoms with Gasteiger partial charge in [-0.15, -0.1) is 16.4 Å². The number of nitrogens with zero attached hydrogens (tertiary/aromatic N) is 3. The van der Waals surface area contributed by atoms with Gasteiger partial charge >= 0.3 is 0 Å². The Labute approximate surface area is 154 Å². The molecule has 0 bridgehead atoms. The maximum atomic E-state index is 12.4. The number of anilines is 1. The maximum Gasteiger partial charge on any atom is 0.261 e. The summed E-state index contributed by atoms with van der Waals surface area (Å²) in [5.41, 5.74) is 9.45. The number of amides is 1. The molecule has 1 amide bonds. The fraction of sp³-hybridized carbons (Fsp3) is 0.105. The summed E-state index contributed by atoms with van der Waals surface area (Å²) in [5.74, 6) is 0.189. The number of aromatic nitrogens is 3. The van der Waals surface area contributed by atoms with Crippen molar-refractivity contribution in [1.29, 1.82) is 0 Å². The number of hydrogen-bond acceptors (Lipinski definition) is 5. The topological polar surface area (TPSA) is 85.3 Å². The predicted octanol–water partition coefficient (Wildman–Crippen LogP) is 3.01. The molecule has 0 fully saturated rings. The molecule has 0 saturated carbocycles. The average molecular weight is 363 g/mol. The van der Waals surface area contributed by atoms with Gasteiger partial charge in [-0.05, 0) is 41.1 Å². The molecule has 7 heteroatoms. The molecule has 3 heterocycles. The molecule has 3 aromatic heterocycles. The molecule has 0 aliphatic rings. The van der Waals surface area contributed by atoms with Crippen LogP contribution < -0.4 is 11.1 Å². The molecular weight excluding hydrogens is 346 g/mol. The molecule has 1 aromatic carbocycles. The van der Waals surface area contributed by atoms with Crippen molar-refractivity contribution in [2.45, 2.75) is 6.42 Å². The van der Waals surface area contributed by atoms with E-state index in [1.807, 2.05) is 48.0 Å². The van der Waals surface area contributed by atoms with Gasteiger partial charge in [-0.3, -0.25) is 4.79 Å². The van der Waals surface area contributed by atoms with E-state index in [0.717, 1.165) is 17.5 Å². The zero-order valence-electron chi connectivity index (χ0n) is 13.9. The van der Waals surface area contributed by atoms with Crippen molar-refractivity contribution in [2.24, 2.45) is 0 Å². The number of nitrogens with one attached hydrogen (secondary N) is 1. The number of rotatable bonds is 5. The van der Waals surface area contributed by atoms with Crippen molar-refractivity contribution >= 4 is 28.8 Å². The Hall–Kier alpha value is -3.19. The molecule has 0 spiro atoms. The second-order valence-electron chi connectivity index (χ2n) is 5.88. The van der Waals surface area contributed by atoms with Crippen LogP contribution in [0.3, 0.4) is 0 Å². The van der Waals surface area contributed by atoms with Crippen LogP contribution in [-0.2, 0) is 6.42 Å². The molecule has 0 aliphatic heterocycles. The van der Waals surface area contributed by atoms with Gasteiger partial charge in [0.2, 0.25) is 5.95 Å². The largest absolute Gasteiger partial charge is 0.366 e. The van der Waals surface area contributed by atoms with Crippen LogP contribution in [-0.4, -0.2) is 27.0 Å². The van der Waals surface area contributed by atoms with Gasteiger partial charge in [0, 0.05) is 18.3 Å². The van der Waals surface area contributed by atoms with Crippen LogP contribution in [0, 0.1) is 0 Å². The average Bonchev–Trinajstić information content (AvgIpc) is 3.27. The summed E-state index contributed by atoms with van der Waals surface area (Å²) in [6.07, 6.45) is 2.67. The lowest BCUT2D eigenvalue weighted by molar-refractivity contribution is 0.0958. The minimum atomic E-state index is -0.0525. The highest BCUT2D eigenvalue weighted by Crippen LogP contribution is 2.26. The third-order valence-electron chi connectivity index (χ3n) is 4.05. The highest BCUT2D eigenvalue weighted by Gasteiger charge is 2.11. The van der Waals surface area contributed by atoms with Crippen LogP contribution in [0.1, 0.15) is 15.2 Å². The van der Waals surface area contributed by atoms with Crippen LogP contribution in [0.2, 0.25) is 0 Å². The second-order valence-corrected chi connectivity index (χ2v) is 6.79. The van der Waals surface area contributed by atoms with E-state index in [9.17, 15) is 4.79 Å². The smallest absolute Gasteiger partial charge is 0.261 e. The first-order valence-electron chi connectivity index (χ1n) is 8.22. The van der Waals surface area contributed by atoms with Gasteiger partial charge in [-0.2, -0.15) is 4.98 Å². The van der Waals surface area contributed by atoms with E-state index in [-0.39, 0.29) is 11.9 Å². The summed E-state index contributed by atoms with van der Waals surface area (Å²) in [6, 6.07) is 15.8. The van der Waals surface area contributed by atoms with Crippen molar-refractivity contribution < 1.29 is 4.79 Å². The molecule has 4 rings (SSSR count). The van der Waals surface area contributed by atoms with E-state index in [1.165, 1.54) is 16.9 Å². The van der Waals surface area contributed by atoms with E-state index in [1.54, 1.807) is 4.52 Å². The summed E-state index contributed by atoms with van der Waals surface area (Å²) in [7, 11) is 0. The number of nitrogens with two attached hydrogens (primary N) is 1.